The summed E-state index contributed by atoms with van der Waals surface area (Å²) in [6, 6.07) is 22.9. The van der Waals surface area contributed by atoms with Crippen molar-refractivity contribution in [3.63, 3.8) is 0 Å². The summed E-state index contributed by atoms with van der Waals surface area (Å²) < 4.78 is 19.6. The van der Waals surface area contributed by atoms with Crippen molar-refractivity contribution in [2.45, 2.75) is 49.6 Å². The lowest BCUT2D eigenvalue weighted by molar-refractivity contribution is -0.268. The van der Waals surface area contributed by atoms with Crippen molar-refractivity contribution >= 4 is 29.4 Å². The molecular formula is C32H36N6O6S. The fourth-order valence-electron chi connectivity index (χ4n) is 5.08. The first kappa shape index (κ1) is 32.1. The predicted molar refractivity (Wildman–Crippen MR) is 167 cm³/mol. The molecule has 0 unspecified atom stereocenters. The Morgan fingerprint density at radius 3 is 2.49 bits per heavy atom. The van der Waals surface area contributed by atoms with E-state index in [4.69, 9.17) is 14.2 Å². The molecular weight excluding hydrogens is 596 g/mol. The molecule has 1 aromatic heterocycles. The second-order valence-corrected chi connectivity index (χ2v) is 11.7. The Kier molecular flexibility index (Phi) is 10.8. The fraction of sp³-hybridized carbons (Fsp3) is 0.344. The van der Waals surface area contributed by atoms with Gasteiger partial charge in [-0.3, -0.25) is 0 Å². The molecule has 5 rings (SSSR count). The van der Waals surface area contributed by atoms with Crippen LogP contribution in [0, 0.1) is 5.92 Å². The van der Waals surface area contributed by atoms with Gasteiger partial charge in [-0.1, -0.05) is 85.4 Å². The van der Waals surface area contributed by atoms with Crippen LogP contribution in [0.3, 0.4) is 0 Å². The third-order valence-corrected chi connectivity index (χ3v) is 8.67. The van der Waals surface area contributed by atoms with E-state index >= 15 is 0 Å². The van der Waals surface area contributed by atoms with Gasteiger partial charge in [0, 0.05) is 36.4 Å². The Morgan fingerprint density at radius 2 is 1.80 bits per heavy atom. The van der Waals surface area contributed by atoms with Crippen molar-refractivity contribution in [2.24, 2.45) is 13.0 Å². The van der Waals surface area contributed by atoms with E-state index in [2.05, 4.69) is 33.1 Å². The molecule has 4 aromatic rings. The highest BCUT2D eigenvalue weighted by Crippen LogP contribution is 2.43. The van der Waals surface area contributed by atoms with E-state index in [1.165, 1.54) is 18.9 Å². The summed E-state index contributed by atoms with van der Waals surface area (Å²) in [7, 11) is 3.08. The summed E-state index contributed by atoms with van der Waals surface area (Å²) in [5.41, 5.74) is 3.87. The van der Waals surface area contributed by atoms with Crippen molar-refractivity contribution in [1.82, 2.24) is 25.5 Å². The van der Waals surface area contributed by atoms with Crippen LogP contribution in [0.5, 0.6) is 0 Å². The number of aliphatic hydroxyl groups excluding tert-OH is 1. The lowest BCUT2D eigenvalue weighted by Gasteiger charge is -2.41. The van der Waals surface area contributed by atoms with Crippen molar-refractivity contribution < 1.29 is 28.9 Å². The standard InChI is InChI=1S/C32H36N6O6S/c1-20-27(19-45-32-35-36-37-38(32)2)43-30(44-28(20)23-14-12-22(18-39)13-15-23)24-10-7-11-25(17-24)33-31(41)34-26(29(40)42-3)16-21-8-5-4-6-9-21/h4-15,17,20,26-28,30,39H,16,18-19H2,1-3H3,(H2,33,34,41)/t20-,26-,27+,28+,30+/m0/s1. The number of anilines is 1. The lowest BCUT2D eigenvalue weighted by atomic mass is 9.91. The molecule has 2 amide bonds. The molecule has 0 aliphatic carbocycles. The third-order valence-electron chi connectivity index (χ3n) is 7.57. The summed E-state index contributed by atoms with van der Waals surface area (Å²) in [5.74, 6) is 0.0127. The first-order valence-electron chi connectivity index (χ1n) is 14.5. The maximum Gasteiger partial charge on any atom is 0.328 e. The Morgan fingerprint density at radius 1 is 1.02 bits per heavy atom. The monoisotopic (exact) mass is 632 g/mol. The average molecular weight is 633 g/mol. The maximum absolute atomic E-state index is 13.0. The van der Waals surface area contributed by atoms with Gasteiger partial charge in [-0.2, -0.15) is 0 Å². The van der Waals surface area contributed by atoms with Crippen LogP contribution in [-0.2, 0) is 39.1 Å². The normalized spacial score (nSPS) is 20.3. The molecule has 5 atom stereocenters. The van der Waals surface area contributed by atoms with Crippen LogP contribution in [0.4, 0.5) is 10.5 Å². The fourth-order valence-corrected chi connectivity index (χ4v) is 6.10. The second-order valence-electron chi connectivity index (χ2n) is 10.7. The highest BCUT2D eigenvalue weighted by Gasteiger charge is 2.38. The van der Waals surface area contributed by atoms with E-state index in [-0.39, 0.29) is 31.2 Å². The molecule has 1 aliphatic rings. The maximum atomic E-state index is 13.0. The number of amides is 2. The van der Waals surface area contributed by atoms with Crippen LogP contribution in [0.15, 0.2) is 84.0 Å². The number of tetrazole rings is 1. The second kappa shape index (κ2) is 15.1. The van der Waals surface area contributed by atoms with Gasteiger partial charge in [0.25, 0.3) is 0 Å². The Bertz CT molecular complexity index is 1570. The molecule has 3 aromatic carbocycles. The lowest BCUT2D eigenvalue weighted by Crippen LogP contribution is -2.45. The minimum atomic E-state index is -0.868. The molecule has 0 saturated carbocycles. The zero-order chi connectivity index (χ0) is 31.8. The van der Waals surface area contributed by atoms with E-state index < -0.39 is 24.3 Å². The molecule has 13 heteroatoms. The first-order chi connectivity index (χ1) is 21.8. The Hall–Kier alpha value is -4.30. The molecule has 0 spiro atoms. The number of methoxy groups -OCH3 is 1. The molecule has 0 radical (unpaired) electrons. The highest BCUT2D eigenvalue weighted by atomic mass is 32.2. The van der Waals surface area contributed by atoms with Gasteiger partial charge >= 0.3 is 12.0 Å². The zero-order valence-corrected chi connectivity index (χ0v) is 26.0. The van der Waals surface area contributed by atoms with Gasteiger partial charge in [0.1, 0.15) is 6.04 Å². The van der Waals surface area contributed by atoms with Crippen molar-refractivity contribution in [2.75, 3.05) is 18.2 Å². The molecule has 0 bridgehead atoms. The van der Waals surface area contributed by atoms with Crippen LogP contribution in [0.1, 0.15) is 41.6 Å². The van der Waals surface area contributed by atoms with Crippen molar-refractivity contribution in [3.05, 3.63) is 101 Å². The number of rotatable bonds is 11. The molecule has 45 heavy (non-hydrogen) atoms. The van der Waals surface area contributed by atoms with Crippen LogP contribution >= 0.6 is 11.8 Å². The molecule has 236 valence electrons. The van der Waals surface area contributed by atoms with Gasteiger partial charge in [0.15, 0.2) is 6.29 Å². The number of nitrogens with one attached hydrogen (secondary N) is 2. The number of ether oxygens (including phenoxy) is 3. The molecule has 12 nitrogen and oxygen atoms in total. The summed E-state index contributed by atoms with van der Waals surface area (Å²) >= 11 is 1.50. The number of benzene rings is 3. The van der Waals surface area contributed by atoms with Gasteiger partial charge in [-0.25, -0.2) is 14.3 Å². The van der Waals surface area contributed by atoms with Crippen LogP contribution < -0.4 is 10.6 Å². The van der Waals surface area contributed by atoms with Gasteiger partial charge in [0.2, 0.25) is 5.16 Å². The third kappa shape index (κ3) is 8.25. The van der Waals surface area contributed by atoms with Crippen LogP contribution in [0.2, 0.25) is 0 Å². The van der Waals surface area contributed by atoms with E-state index in [1.54, 1.807) is 29.9 Å². The summed E-state index contributed by atoms with van der Waals surface area (Å²) in [6.45, 7) is 2.04. The van der Waals surface area contributed by atoms with E-state index in [0.29, 0.717) is 22.2 Å². The molecule has 1 fully saturated rings. The Balaban J connectivity index is 1.32. The van der Waals surface area contributed by atoms with Crippen LogP contribution in [-0.4, -0.2) is 62.3 Å². The SMILES string of the molecule is COC(=O)[C@H](Cc1ccccc1)NC(=O)Nc1cccc([C@@H]2O[C@H](CSc3nnnn3C)[C@H](C)[C@H](c3ccc(CO)cc3)O2)c1. The molecule has 3 N–H and O–H groups in total. The van der Waals surface area contributed by atoms with E-state index in [0.717, 1.165) is 16.7 Å². The summed E-state index contributed by atoms with van der Waals surface area (Å²) in [4.78, 5) is 25.4. The van der Waals surface area contributed by atoms with Crippen molar-refractivity contribution in [1.29, 1.82) is 0 Å². The molecule has 1 saturated heterocycles. The zero-order valence-electron chi connectivity index (χ0n) is 25.2. The smallest absolute Gasteiger partial charge is 0.328 e. The molecule has 1 aliphatic heterocycles. The van der Waals surface area contributed by atoms with E-state index in [9.17, 15) is 14.7 Å². The summed E-state index contributed by atoms with van der Waals surface area (Å²) in [5, 5.41) is 27.4. The first-order valence-corrected chi connectivity index (χ1v) is 15.5. The predicted octanol–water partition coefficient (Wildman–Crippen LogP) is 4.19. The van der Waals surface area contributed by atoms with E-state index in [1.807, 2.05) is 60.7 Å². The highest BCUT2D eigenvalue weighted by molar-refractivity contribution is 7.99. The number of aromatic nitrogens is 4. The number of thioether (sulfide) groups is 1. The topological polar surface area (TPSA) is 150 Å². The Labute approximate surface area is 265 Å². The number of urea groups is 1. The largest absolute Gasteiger partial charge is 0.467 e. The summed E-state index contributed by atoms with van der Waals surface area (Å²) in [6.07, 6.45) is -0.990. The number of aliphatic hydroxyl groups is 1. The number of esters is 1. The van der Waals surface area contributed by atoms with Crippen LogP contribution in [0.25, 0.3) is 0 Å². The minimum absolute atomic E-state index is 0.0260. The van der Waals surface area contributed by atoms with Gasteiger partial charge < -0.3 is 30.0 Å². The van der Waals surface area contributed by atoms with Gasteiger partial charge in [0.05, 0.1) is 25.9 Å². The number of carbonyl (C=O) groups excluding carboxylic acids is 2. The molecule has 2 heterocycles. The van der Waals surface area contributed by atoms with Gasteiger partial charge in [-0.05, 0) is 39.2 Å². The van der Waals surface area contributed by atoms with Gasteiger partial charge in [-0.15, -0.1) is 5.10 Å². The number of carbonyl (C=O) groups is 2. The number of aryl methyl sites for hydroxylation is 1. The number of hydrogen-bond donors (Lipinski definition) is 3. The van der Waals surface area contributed by atoms with Crippen molar-refractivity contribution in [3.8, 4) is 0 Å². The average Bonchev–Trinajstić information content (AvgIpc) is 3.48. The minimum Gasteiger partial charge on any atom is -0.467 e. The number of nitrogens with zero attached hydrogens (tertiary/aromatic N) is 4. The number of hydrogen-bond acceptors (Lipinski definition) is 10. The quantitative estimate of drug-likeness (QED) is 0.162.